The lowest BCUT2D eigenvalue weighted by Crippen LogP contribution is -2.17. The minimum atomic E-state index is -0.325. The molecule has 3 rings (SSSR count). The molecule has 0 saturated carbocycles. The molecule has 5 heteroatoms. The van der Waals surface area contributed by atoms with E-state index in [0.29, 0.717) is 23.6 Å². The highest BCUT2D eigenvalue weighted by Gasteiger charge is 2.27. The Morgan fingerprint density at radius 1 is 1.19 bits per heavy atom. The first kappa shape index (κ1) is 18.6. The van der Waals surface area contributed by atoms with Crippen molar-refractivity contribution >= 4 is 28.2 Å². The summed E-state index contributed by atoms with van der Waals surface area (Å²) >= 11 is 1.53. The van der Waals surface area contributed by atoms with Gasteiger partial charge in [0.25, 0.3) is 0 Å². The molecule has 1 aromatic carbocycles. The maximum absolute atomic E-state index is 12.6. The van der Waals surface area contributed by atoms with Crippen molar-refractivity contribution in [2.24, 2.45) is 0 Å². The smallest absolute Gasteiger partial charge is 0.341 e. The summed E-state index contributed by atoms with van der Waals surface area (Å²) in [5, 5.41) is 3.63. The first-order valence-corrected chi connectivity index (χ1v) is 9.99. The van der Waals surface area contributed by atoms with Gasteiger partial charge in [0.05, 0.1) is 18.6 Å². The van der Waals surface area contributed by atoms with Crippen LogP contribution < -0.4 is 5.32 Å². The zero-order chi connectivity index (χ0) is 18.7. The number of hydrogen-bond acceptors (Lipinski definition) is 4. The summed E-state index contributed by atoms with van der Waals surface area (Å²) in [6.45, 7) is 6.16. The third kappa shape index (κ3) is 3.98. The van der Waals surface area contributed by atoms with Gasteiger partial charge in [-0.3, -0.25) is 4.79 Å². The molecule has 26 heavy (non-hydrogen) atoms. The molecule has 1 aromatic heterocycles. The molecule has 138 valence electrons. The second kappa shape index (κ2) is 8.04. The summed E-state index contributed by atoms with van der Waals surface area (Å²) < 4.78 is 5.24. The third-order valence-electron chi connectivity index (χ3n) is 4.76. The molecule has 1 N–H and O–H groups in total. The van der Waals surface area contributed by atoms with Gasteiger partial charge in [-0.15, -0.1) is 11.3 Å². The Labute approximate surface area is 158 Å². The standard InChI is InChI=1S/C21H25NO3S/c1-4-25-21(24)19-16-7-5-6-8-17(16)26-20(19)22-18(23)12-15-11-13(2)9-10-14(15)3/h9-11H,4-8,12H2,1-3H3,(H,22,23). The number of amides is 1. The molecule has 1 aliphatic rings. The van der Waals surface area contributed by atoms with Gasteiger partial charge < -0.3 is 10.1 Å². The Hall–Kier alpha value is -2.14. The quantitative estimate of drug-likeness (QED) is 0.782. The first-order valence-electron chi connectivity index (χ1n) is 9.17. The fourth-order valence-electron chi connectivity index (χ4n) is 3.41. The van der Waals surface area contributed by atoms with E-state index in [4.69, 9.17) is 4.74 Å². The molecule has 4 nitrogen and oxygen atoms in total. The third-order valence-corrected chi connectivity index (χ3v) is 5.97. The van der Waals surface area contributed by atoms with Crippen molar-refractivity contribution in [2.75, 3.05) is 11.9 Å². The van der Waals surface area contributed by atoms with E-state index in [9.17, 15) is 9.59 Å². The lowest BCUT2D eigenvalue weighted by atomic mass is 9.95. The van der Waals surface area contributed by atoms with Crippen LogP contribution in [0.15, 0.2) is 18.2 Å². The van der Waals surface area contributed by atoms with Gasteiger partial charge in [-0.1, -0.05) is 23.8 Å². The van der Waals surface area contributed by atoms with E-state index in [1.54, 1.807) is 6.92 Å². The number of benzene rings is 1. The van der Waals surface area contributed by atoms with Gasteiger partial charge in [-0.05, 0) is 63.1 Å². The molecule has 0 spiro atoms. The van der Waals surface area contributed by atoms with Gasteiger partial charge in [0.1, 0.15) is 5.00 Å². The number of aryl methyl sites for hydroxylation is 3. The number of anilines is 1. The second-order valence-corrected chi connectivity index (χ2v) is 7.90. The van der Waals surface area contributed by atoms with Crippen LogP contribution in [-0.2, 0) is 28.8 Å². The highest BCUT2D eigenvalue weighted by atomic mass is 32.1. The molecule has 0 fully saturated rings. The Balaban J connectivity index is 1.84. The summed E-state index contributed by atoms with van der Waals surface area (Å²) in [4.78, 5) is 26.3. The average Bonchev–Trinajstić information content (AvgIpc) is 2.96. The summed E-state index contributed by atoms with van der Waals surface area (Å²) in [7, 11) is 0. The number of rotatable bonds is 5. The van der Waals surface area contributed by atoms with E-state index in [1.807, 2.05) is 32.0 Å². The number of nitrogens with one attached hydrogen (secondary N) is 1. The van der Waals surface area contributed by atoms with Crippen LogP contribution in [0.25, 0.3) is 0 Å². The first-order chi connectivity index (χ1) is 12.5. The summed E-state index contributed by atoms with van der Waals surface area (Å²) in [5.74, 6) is -0.420. The van der Waals surface area contributed by atoms with Crippen molar-refractivity contribution in [3.63, 3.8) is 0 Å². The highest BCUT2D eigenvalue weighted by Crippen LogP contribution is 2.38. The largest absolute Gasteiger partial charge is 0.462 e. The summed E-state index contributed by atoms with van der Waals surface area (Å²) in [5.41, 5.74) is 4.89. The second-order valence-electron chi connectivity index (χ2n) is 6.79. The maximum Gasteiger partial charge on any atom is 0.341 e. The van der Waals surface area contributed by atoms with E-state index < -0.39 is 0 Å². The van der Waals surface area contributed by atoms with Crippen LogP contribution in [0.1, 0.15) is 57.3 Å². The molecule has 0 unspecified atom stereocenters. The predicted octanol–water partition coefficient (Wildman–Crippen LogP) is 4.60. The zero-order valence-electron chi connectivity index (χ0n) is 15.6. The monoisotopic (exact) mass is 371 g/mol. The Kier molecular flexibility index (Phi) is 5.77. The van der Waals surface area contributed by atoms with Crippen molar-refractivity contribution in [1.29, 1.82) is 0 Å². The molecule has 2 aromatic rings. The van der Waals surface area contributed by atoms with Gasteiger partial charge in [0.2, 0.25) is 5.91 Å². The molecular formula is C21H25NO3S. The highest BCUT2D eigenvalue weighted by molar-refractivity contribution is 7.17. The maximum atomic E-state index is 12.6. The minimum absolute atomic E-state index is 0.0946. The lowest BCUT2D eigenvalue weighted by Gasteiger charge is -2.12. The lowest BCUT2D eigenvalue weighted by molar-refractivity contribution is -0.115. The van der Waals surface area contributed by atoms with Gasteiger partial charge in [-0.25, -0.2) is 4.79 Å². The molecular weight excluding hydrogens is 346 g/mol. The molecule has 0 aliphatic heterocycles. The van der Waals surface area contributed by atoms with Crippen molar-refractivity contribution in [3.8, 4) is 0 Å². The SMILES string of the molecule is CCOC(=O)c1c(NC(=O)Cc2cc(C)ccc2C)sc2c1CCCC2. The van der Waals surface area contributed by atoms with Crippen LogP contribution in [-0.4, -0.2) is 18.5 Å². The topological polar surface area (TPSA) is 55.4 Å². The minimum Gasteiger partial charge on any atom is -0.462 e. The van der Waals surface area contributed by atoms with Crippen molar-refractivity contribution in [1.82, 2.24) is 0 Å². The van der Waals surface area contributed by atoms with Crippen molar-refractivity contribution in [3.05, 3.63) is 50.9 Å². The normalized spacial score (nSPS) is 13.2. The van der Waals surface area contributed by atoms with E-state index >= 15 is 0 Å². The number of fused-ring (bicyclic) bond motifs is 1. The number of esters is 1. The number of carbonyl (C=O) groups excluding carboxylic acids is 2. The summed E-state index contributed by atoms with van der Waals surface area (Å²) in [6, 6.07) is 6.12. The van der Waals surface area contributed by atoms with Crippen LogP contribution in [0, 0.1) is 13.8 Å². The van der Waals surface area contributed by atoms with Crippen LogP contribution in [0.3, 0.4) is 0 Å². The summed E-state index contributed by atoms with van der Waals surface area (Å²) in [6.07, 6.45) is 4.36. The number of hydrogen-bond donors (Lipinski definition) is 1. The molecule has 1 aliphatic carbocycles. The van der Waals surface area contributed by atoms with Gasteiger partial charge in [0, 0.05) is 4.88 Å². The van der Waals surface area contributed by atoms with Gasteiger partial charge in [-0.2, -0.15) is 0 Å². The van der Waals surface area contributed by atoms with Crippen molar-refractivity contribution < 1.29 is 14.3 Å². The predicted molar refractivity (Wildman–Crippen MR) is 105 cm³/mol. The molecule has 0 atom stereocenters. The van der Waals surface area contributed by atoms with Crippen LogP contribution in [0.5, 0.6) is 0 Å². The van der Waals surface area contributed by atoms with E-state index in [0.717, 1.165) is 47.9 Å². The van der Waals surface area contributed by atoms with Gasteiger partial charge >= 0.3 is 5.97 Å². The molecule has 1 amide bonds. The molecule has 1 heterocycles. The number of ether oxygens (including phenoxy) is 1. The van der Waals surface area contributed by atoms with Crippen LogP contribution >= 0.6 is 11.3 Å². The van der Waals surface area contributed by atoms with Crippen LogP contribution in [0.4, 0.5) is 5.00 Å². The van der Waals surface area contributed by atoms with Gasteiger partial charge in [0.15, 0.2) is 0 Å². The van der Waals surface area contributed by atoms with E-state index in [-0.39, 0.29) is 11.9 Å². The average molecular weight is 372 g/mol. The van der Waals surface area contributed by atoms with E-state index in [2.05, 4.69) is 5.32 Å². The van der Waals surface area contributed by atoms with Crippen molar-refractivity contribution in [2.45, 2.75) is 52.9 Å². The fourth-order valence-corrected chi connectivity index (χ4v) is 4.70. The zero-order valence-corrected chi connectivity index (χ0v) is 16.4. The molecule has 0 radical (unpaired) electrons. The fraction of sp³-hybridized carbons (Fsp3) is 0.429. The Bertz CT molecular complexity index is 838. The van der Waals surface area contributed by atoms with Crippen LogP contribution in [0.2, 0.25) is 0 Å². The Morgan fingerprint density at radius 2 is 1.96 bits per heavy atom. The Morgan fingerprint density at radius 3 is 2.73 bits per heavy atom. The number of carbonyl (C=O) groups is 2. The van der Waals surface area contributed by atoms with E-state index in [1.165, 1.54) is 16.2 Å². The number of thiophene rings is 1. The molecule has 0 bridgehead atoms. The molecule has 0 saturated heterocycles.